The van der Waals surface area contributed by atoms with Crippen LogP contribution in [0.25, 0.3) is 0 Å². The largest absolute Gasteiger partial charge is 0.344 e. The highest BCUT2D eigenvalue weighted by molar-refractivity contribution is 5.93. The van der Waals surface area contributed by atoms with Gasteiger partial charge >= 0.3 is 0 Å². The van der Waals surface area contributed by atoms with Gasteiger partial charge in [-0.3, -0.25) is 0 Å². The van der Waals surface area contributed by atoms with Gasteiger partial charge in [-0.2, -0.15) is 5.10 Å². The average molecular weight is 145 g/mol. The lowest BCUT2D eigenvalue weighted by molar-refractivity contribution is 1.27. The fraction of sp³-hybridized carbons (Fsp3) is 0. The van der Waals surface area contributed by atoms with Crippen molar-refractivity contribution in [3.63, 3.8) is 0 Å². The van der Waals surface area contributed by atoms with Gasteiger partial charge in [-0.1, -0.05) is 18.2 Å². The number of anilines is 1. The van der Waals surface area contributed by atoms with Gasteiger partial charge in [0.05, 0.1) is 6.21 Å². The fourth-order valence-corrected chi connectivity index (χ4v) is 0.968. The predicted octanol–water partition coefficient (Wildman–Crippen LogP) is 1.47. The Morgan fingerprint density at radius 2 is 2.00 bits per heavy atom. The second kappa shape index (κ2) is 2.54. The molecular formula is C8H7N3. The van der Waals surface area contributed by atoms with Gasteiger partial charge in [0.1, 0.15) is 6.34 Å². The molecule has 0 saturated carbocycles. The van der Waals surface area contributed by atoms with E-state index in [1.165, 1.54) is 0 Å². The first kappa shape index (κ1) is 6.09. The monoisotopic (exact) mass is 145 g/mol. The Morgan fingerprint density at radius 3 is 3.00 bits per heavy atom. The maximum Gasteiger partial charge on any atom is 0.115 e. The molecule has 0 aliphatic carbocycles. The van der Waals surface area contributed by atoms with Crippen LogP contribution in [0.3, 0.4) is 0 Å². The lowest BCUT2D eigenvalue weighted by Crippen LogP contribution is -1.95. The number of fused-ring (bicyclic) bond motifs is 1. The number of hydrogen-bond acceptors (Lipinski definition) is 3. The molecular weight excluding hydrogens is 138 g/mol. The summed E-state index contributed by atoms with van der Waals surface area (Å²) in [5.41, 5.74) is 2.10. The van der Waals surface area contributed by atoms with Crippen molar-refractivity contribution in [1.29, 1.82) is 0 Å². The second-order valence-corrected chi connectivity index (χ2v) is 2.22. The molecule has 0 spiro atoms. The van der Waals surface area contributed by atoms with E-state index in [1.54, 1.807) is 12.6 Å². The summed E-state index contributed by atoms with van der Waals surface area (Å²) in [5.74, 6) is 0. The Balaban J connectivity index is 2.52. The first-order valence-corrected chi connectivity index (χ1v) is 3.37. The summed E-state index contributed by atoms with van der Waals surface area (Å²) in [7, 11) is 0. The summed E-state index contributed by atoms with van der Waals surface area (Å²) in [5, 5.41) is 10.5. The topological polar surface area (TPSA) is 36.8 Å². The summed E-state index contributed by atoms with van der Waals surface area (Å²) in [4.78, 5) is 0. The van der Waals surface area contributed by atoms with E-state index >= 15 is 0 Å². The van der Waals surface area contributed by atoms with Crippen LogP contribution in [-0.2, 0) is 0 Å². The molecule has 1 aromatic rings. The number of nitrogens with one attached hydrogen (secondary N) is 1. The van der Waals surface area contributed by atoms with Crippen molar-refractivity contribution in [2.24, 2.45) is 10.2 Å². The molecule has 0 atom stereocenters. The van der Waals surface area contributed by atoms with Gasteiger partial charge in [0.15, 0.2) is 0 Å². The Kier molecular flexibility index (Phi) is 1.41. The first-order chi connectivity index (χ1) is 5.47. The Hall–Kier alpha value is -1.64. The molecule has 2 rings (SSSR count). The number of hydrogen-bond donors (Lipinski definition) is 1. The summed E-state index contributed by atoms with van der Waals surface area (Å²) in [6.45, 7) is 0. The number of para-hydroxylation sites is 1. The van der Waals surface area contributed by atoms with Gasteiger partial charge in [-0.05, 0) is 6.07 Å². The van der Waals surface area contributed by atoms with Crippen molar-refractivity contribution in [3.05, 3.63) is 29.8 Å². The minimum atomic E-state index is 1.04. The van der Waals surface area contributed by atoms with Crippen LogP contribution in [0.4, 0.5) is 5.69 Å². The molecule has 0 saturated heterocycles. The molecule has 54 valence electrons. The van der Waals surface area contributed by atoms with Crippen molar-refractivity contribution < 1.29 is 0 Å². The molecule has 1 aliphatic heterocycles. The molecule has 1 aromatic carbocycles. The van der Waals surface area contributed by atoms with Gasteiger partial charge < -0.3 is 5.32 Å². The number of rotatable bonds is 0. The Morgan fingerprint density at radius 1 is 1.09 bits per heavy atom. The van der Waals surface area contributed by atoms with Crippen LogP contribution in [0.5, 0.6) is 0 Å². The van der Waals surface area contributed by atoms with Gasteiger partial charge in [-0.25, -0.2) is 0 Å². The lowest BCUT2D eigenvalue weighted by Gasteiger charge is -1.99. The first-order valence-electron chi connectivity index (χ1n) is 3.37. The van der Waals surface area contributed by atoms with Crippen LogP contribution >= 0.6 is 0 Å². The molecule has 3 nitrogen and oxygen atoms in total. The van der Waals surface area contributed by atoms with E-state index in [-0.39, 0.29) is 0 Å². The zero-order valence-corrected chi connectivity index (χ0v) is 5.86. The Bertz CT molecular complexity index is 315. The van der Waals surface area contributed by atoms with E-state index in [4.69, 9.17) is 0 Å². The summed E-state index contributed by atoms with van der Waals surface area (Å²) in [6.07, 6.45) is 3.30. The van der Waals surface area contributed by atoms with Crippen LogP contribution < -0.4 is 5.32 Å². The second-order valence-electron chi connectivity index (χ2n) is 2.22. The zero-order valence-electron chi connectivity index (χ0n) is 5.86. The maximum absolute atomic E-state index is 3.79. The van der Waals surface area contributed by atoms with Gasteiger partial charge in [0.2, 0.25) is 0 Å². The summed E-state index contributed by atoms with van der Waals surface area (Å²) < 4.78 is 0. The van der Waals surface area contributed by atoms with E-state index in [0.717, 1.165) is 11.3 Å². The Labute approximate surface area is 64.5 Å². The lowest BCUT2D eigenvalue weighted by atomic mass is 10.2. The molecule has 1 N–H and O–H groups in total. The van der Waals surface area contributed by atoms with Crippen molar-refractivity contribution in [1.82, 2.24) is 0 Å². The molecule has 0 unspecified atom stereocenters. The van der Waals surface area contributed by atoms with E-state index < -0.39 is 0 Å². The zero-order chi connectivity index (χ0) is 7.52. The molecule has 0 radical (unpaired) electrons. The highest BCUT2D eigenvalue weighted by Gasteiger charge is 1.97. The van der Waals surface area contributed by atoms with Crippen molar-refractivity contribution in [2.75, 3.05) is 5.32 Å². The van der Waals surface area contributed by atoms with E-state index in [1.807, 2.05) is 24.3 Å². The SMILES string of the molecule is C1=NN=Cc2ccccc2N1. The number of nitrogens with zero attached hydrogens (tertiary/aromatic N) is 2. The predicted molar refractivity (Wildman–Crippen MR) is 46.2 cm³/mol. The third-order valence-electron chi connectivity index (χ3n) is 1.50. The molecule has 11 heavy (non-hydrogen) atoms. The average Bonchev–Trinajstić information content (AvgIpc) is 2.28. The molecule has 0 fully saturated rings. The molecule has 1 heterocycles. The summed E-state index contributed by atoms with van der Waals surface area (Å²) in [6, 6.07) is 7.91. The normalized spacial score (nSPS) is 13.5. The van der Waals surface area contributed by atoms with Crippen molar-refractivity contribution >= 4 is 18.2 Å². The minimum absolute atomic E-state index is 1.04. The maximum atomic E-state index is 3.79. The number of benzene rings is 1. The highest BCUT2D eigenvalue weighted by atomic mass is 15.2. The van der Waals surface area contributed by atoms with Crippen LogP contribution in [-0.4, -0.2) is 12.6 Å². The third kappa shape index (κ3) is 1.12. The van der Waals surface area contributed by atoms with Crippen LogP contribution in [0.1, 0.15) is 5.56 Å². The van der Waals surface area contributed by atoms with Gasteiger partial charge in [-0.15, -0.1) is 5.10 Å². The standard InChI is InChI=1S/C8H7N3/c1-2-4-8-7(3-1)5-10-11-6-9-8/h1-6H,(H,9,11). The molecule has 0 amide bonds. The fourth-order valence-electron chi connectivity index (χ4n) is 0.968. The van der Waals surface area contributed by atoms with Crippen molar-refractivity contribution in [2.45, 2.75) is 0 Å². The van der Waals surface area contributed by atoms with Crippen LogP contribution in [0, 0.1) is 0 Å². The molecule has 0 bridgehead atoms. The molecule has 1 aliphatic rings. The van der Waals surface area contributed by atoms with E-state index in [2.05, 4.69) is 15.5 Å². The van der Waals surface area contributed by atoms with Crippen LogP contribution in [0.15, 0.2) is 34.5 Å². The molecule has 3 heteroatoms. The van der Waals surface area contributed by atoms with Crippen LogP contribution in [0.2, 0.25) is 0 Å². The molecule has 0 aromatic heterocycles. The van der Waals surface area contributed by atoms with E-state index in [9.17, 15) is 0 Å². The summed E-state index contributed by atoms with van der Waals surface area (Å²) >= 11 is 0. The van der Waals surface area contributed by atoms with Gasteiger partial charge in [0, 0.05) is 11.3 Å². The minimum Gasteiger partial charge on any atom is -0.344 e. The smallest absolute Gasteiger partial charge is 0.115 e. The van der Waals surface area contributed by atoms with E-state index in [0.29, 0.717) is 0 Å². The third-order valence-corrected chi connectivity index (χ3v) is 1.50. The quantitative estimate of drug-likeness (QED) is 0.589. The van der Waals surface area contributed by atoms with Crippen molar-refractivity contribution in [3.8, 4) is 0 Å². The van der Waals surface area contributed by atoms with Gasteiger partial charge in [0.25, 0.3) is 0 Å². The highest BCUT2D eigenvalue weighted by Crippen LogP contribution is 2.12.